The van der Waals surface area contributed by atoms with Crippen LogP contribution in [-0.4, -0.2) is 42.2 Å². The summed E-state index contributed by atoms with van der Waals surface area (Å²) in [5, 5.41) is 11.8. The molecule has 2 rings (SSSR count). The number of carbonyl (C=O) groups is 1. The van der Waals surface area contributed by atoms with E-state index < -0.39 is 0 Å². The highest BCUT2D eigenvalue weighted by Gasteiger charge is 2.29. The van der Waals surface area contributed by atoms with Gasteiger partial charge in [-0.25, -0.2) is 0 Å². The van der Waals surface area contributed by atoms with E-state index in [1.54, 1.807) is 0 Å². The van der Waals surface area contributed by atoms with Gasteiger partial charge < -0.3 is 10.4 Å². The minimum Gasteiger partial charge on any atom is -0.395 e. The van der Waals surface area contributed by atoms with Gasteiger partial charge in [-0.2, -0.15) is 0 Å². The Hall–Kier alpha value is -1.10. The van der Waals surface area contributed by atoms with Crippen LogP contribution in [0, 0.1) is 5.92 Å². The summed E-state index contributed by atoms with van der Waals surface area (Å²) in [5.41, 5.74) is 1.85. The fraction of sp³-hybridized carbons (Fsp3) is 0.562. The molecule has 21 heavy (non-hydrogen) atoms. The van der Waals surface area contributed by atoms with Crippen LogP contribution in [0.4, 0.5) is 5.69 Å². The lowest BCUT2D eigenvalue weighted by Crippen LogP contribution is -2.29. The monoisotopic (exact) mass is 310 g/mol. The standard InChI is InChI=1S/C16H23ClN2O2/c1-2-19(9-10-20)11-15(17)12-5-7-14(8-6-12)18-16(21)13-3-4-13/h5-8,13,15,20H,2-4,9-11H2,1H3,(H,18,21). The Labute approximate surface area is 131 Å². The number of aliphatic hydroxyl groups is 1. The van der Waals surface area contributed by atoms with Gasteiger partial charge in [-0.15, -0.1) is 11.6 Å². The van der Waals surface area contributed by atoms with Crippen molar-refractivity contribution in [2.75, 3.05) is 31.6 Å². The number of hydrogen-bond donors (Lipinski definition) is 2. The number of amides is 1. The molecule has 0 bridgehead atoms. The number of halogens is 1. The molecule has 1 aromatic carbocycles. The molecule has 1 unspecified atom stereocenters. The maximum absolute atomic E-state index is 11.7. The van der Waals surface area contributed by atoms with E-state index in [0.29, 0.717) is 13.1 Å². The quantitative estimate of drug-likeness (QED) is 0.726. The predicted octanol–water partition coefficient (Wildman–Crippen LogP) is 2.63. The highest BCUT2D eigenvalue weighted by Crippen LogP contribution is 2.30. The van der Waals surface area contributed by atoms with E-state index in [-0.39, 0.29) is 23.8 Å². The van der Waals surface area contributed by atoms with Gasteiger partial charge in [-0.1, -0.05) is 19.1 Å². The van der Waals surface area contributed by atoms with Crippen LogP contribution in [0.15, 0.2) is 24.3 Å². The van der Waals surface area contributed by atoms with Gasteiger partial charge >= 0.3 is 0 Å². The SMILES string of the molecule is CCN(CCO)CC(Cl)c1ccc(NC(=O)C2CC2)cc1. The first kappa shape index (κ1) is 16.3. The smallest absolute Gasteiger partial charge is 0.227 e. The zero-order chi connectivity index (χ0) is 15.2. The largest absolute Gasteiger partial charge is 0.395 e. The lowest BCUT2D eigenvalue weighted by Gasteiger charge is -2.22. The molecule has 0 aliphatic heterocycles. The summed E-state index contributed by atoms with van der Waals surface area (Å²) in [6, 6.07) is 7.70. The highest BCUT2D eigenvalue weighted by atomic mass is 35.5. The number of carbonyl (C=O) groups excluding carboxylic acids is 1. The average Bonchev–Trinajstić information content (AvgIpc) is 3.32. The number of aliphatic hydroxyl groups excluding tert-OH is 1. The van der Waals surface area contributed by atoms with E-state index >= 15 is 0 Å². The molecule has 0 aromatic heterocycles. The van der Waals surface area contributed by atoms with Crippen LogP contribution >= 0.6 is 11.6 Å². The van der Waals surface area contributed by atoms with Gasteiger partial charge in [0, 0.05) is 24.7 Å². The van der Waals surface area contributed by atoms with Crippen molar-refractivity contribution in [2.24, 2.45) is 5.92 Å². The number of rotatable bonds is 8. The molecule has 5 heteroatoms. The maximum Gasteiger partial charge on any atom is 0.227 e. The third-order valence-electron chi connectivity index (χ3n) is 3.77. The van der Waals surface area contributed by atoms with Crippen LogP contribution in [-0.2, 0) is 4.79 Å². The number of anilines is 1. The topological polar surface area (TPSA) is 52.6 Å². The van der Waals surface area contributed by atoms with Gasteiger partial charge in [0.25, 0.3) is 0 Å². The second kappa shape index (κ2) is 7.78. The first-order valence-electron chi connectivity index (χ1n) is 7.52. The Kier molecular flexibility index (Phi) is 6.03. The normalized spacial score (nSPS) is 16.0. The zero-order valence-electron chi connectivity index (χ0n) is 12.4. The molecule has 1 aliphatic rings. The van der Waals surface area contributed by atoms with Crippen molar-refractivity contribution in [1.29, 1.82) is 0 Å². The summed E-state index contributed by atoms with van der Waals surface area (Å²) in [4.78, 5) is 13.8. The Balaban J connectivity index is 1.89. The summed E-state index contributed by atoms with van der Waals surface area (Å²) < 4.78 is 0. The Morgan fingerprint density at radius 1 is 1.43 bits per heavy atom. The number of likely N-dealkylation sites (N-methyl/N-ethyl adjacent to an activating group) is 1. The van der Waals surface area contributed by atoms with Gasteiger partial charge in [-0.3, -0.25) is 9.69 Å². The minimum atomic E-state index is -0.121. The Morgan fingerprint density at radius 3 is 2.62 bits per heavy atom. The second-order valence-corrected chi connectivity index (χ2v) is 6.00. The second-order valence-electron chi connectivity index (χ2n) is 5.47. The lowest BCUT2D eigenvalue weighted by atomic mass is 10.1. The lowest BCUT2D eigenvalue weighted by molar-refractivity contribution is -0.117. The van der Waals surface area contributed by atoms with Gasteiger partial charge in [0.05, 0.1) is 12.0 Å². The fourth-order valence-corrected chi connectivity index (χ4v) is 2.56. The van der Waals surface area contributed by atoms with Crippen LogP contribution in [0.3, 0.4) is 0 Å². The summed E-state index contributed by atoms with van der Waals surface area (Å²) in [5.74, 6) is 0.326. The summed E-state index contributed by atoms with van der Waals surface area (Å²) in [7, 11) is 0. The number of hydrogen-bond acceptors (Lipinski definition) is 3. The molecule has 0 saturated heterocycles. The molecule has 4 nitrogen and oxygen atoms in total. The third kappa shape index (κ3) is 4.99. The molecular formula is C16H23ClN2O2. The van der Waals surface area contributed by atoms with Crippen LogP contribution < -0.4 is 5.32 Å². The number of benzene rings is 1. The van der Waals surface area contributed by atoms with Crippen LogP contribution in [0.5, 0.6) is 0 Å². The Morgan fingerprint density at radius 2 is 2.10 bits per heavy atom. The van der Waals surface area contributed by atoms with Crippen molar-refractivity contribution in [2.45, 2.75) is 25.1 Å². The predicted molar refractivity (Wildman–Crippen MR) is 85.6 cm³/mol. The van der Waals surface area contributed by atoms with Crippen molar-refractivity contribution in [1.82, 2.24) is 4.90 Å². The van der Waals surface area contributed by atoms with Crippen LogP contribution in [0.25, 0.3) is 0 Å². The summed E-state index contributed by atoms with van der Waals surface area (Å²) in [6.07, 6.45) is 2.01. The van der Waals surface area contributed by atoms with Crippen molar-refractivity contribution in [3.63, 3.8) is 0 Å². The average molecular weight is 311 g/mol. The van der Waals surface area contributed by atoms with Gasteiger partial charge in [0.15, 0.2) is 0 Å². The van der Waals surface area contributed by atoms with Gasteiger partial charge in [0.2, 0.25) is 5.91 Å². The minimum absolute atomic E-state index is 0.116. The molecule has 1 amide bonds. The molecule has 1 fully saturated rings. The maximum atomic E-state index is 11.7. The van der Waals surface area contributed by atoms with E-state index in [9.17, 15) is 4.79 Å². The third-order valence-corrected chi connectivity index (χ3v) is 4.16. The van der Waals surface area contributed by atoms with Crippen molar-refractivity contribution >= 4 is 23.2 Å². The number of nitrogens with one attached hydrogen (secondary N) is 1. The van der Waals surface area contributed by atoms with Gasteiger partial charge in [-0.05, 0) is 37.1 Å². The first-order valence-corrected chi connectivity index (χ1v) is 7.95. The van der Waals surface area contributed by atoms with E-state index in [1.165, 1.54) is 0 Å². The van der Waals surface area contributed by atoms with E-state index in [0.717, 1.165) is 30.6 Å². The fourth-order valence-electron chi connectivity index (χ4n) is 2.22. The summed E-state index contributed by atoms with van der Waals surface area (Å²) in [6.45, 7) is 4.39. The first-order chi connectivity index (χ1) is 10.1. The van der Waals surface area contributed by atoms with Crippen LogP contribution in [0.1, 0.15) is 30.7 Å². The number of nitrogens with zero attached hydrogens (tertiary/aromatic N) is 1. The molecule has 1 aliphatic carbocycles. The van der Waals surface area contributed by atoms with E-state index in [4.69, 9.17) is 16.7 Å². The molecule has 0 heterocycles. The molecule has 116 valence electrons. The van der Waals surface area contributed by atoms with E-state index in [2.05, 4.69) is 17.1 Å². The molecule has 1 saturated carbocycles. The van der Waals surface area contributed by atoms with Crippen molar-refractivity contribution in [3.05, 3.63) is 29.8 Å². The highest BCUT2D eigenvalue weighted by molar-refractivity contribution is 6.21. The van der Waals surface area contributed by atoms with E-state index in [1.807, 2.05) is 24.3 Å². The summed E-state index contributed by atoms with van der Waals surface area (Å²) >= 11 is 6.42. The number of alkyl halides is 1. The molecule has 1 aromatic rings. The molecule has 1 atom stereocenters. The molecule has 0 radical (unpaired) electrons. The molecule has 0 spiro atoms. The van der Waals surface area contributed by atoms with Crippen LogP contribution in [0.2, 0.25) is 0 Å². The Bertz CT molecular complexity index is 460. The van der Waals surface area contributed by atoms with Crippen molar-refractivity contribution < 1.29 is 9.90 Å². The van der Waals surface area contributed by atoms with Crippen molar-refractivity contribution in [3.8, 4) is 0 Å². The molecule has 2 N–H and O–H groups in total. The zero-order valence-corrected chi connectivity index (χ0v) is 13.1. The van der Waals surface area contributed by atoms with Gasteiger partial charge in [0.1, 0.15) is 0 Å². The molecular weight excluding hydrogens is 288 g/mol.